The number of aliphatic hydroxyl groups excluding tert-OH is 11. The molecule has 19 heteroatoms. The highest BCUT2D eigenvalue weighted by Gasteiger charge is 2.54. The molecule has 0 aromatic carbocycles. The van der Waals surface area contributed by atoms with Crippen LogP contribution in [0.4, 0.5) is 0 Å². The van der Waals surface area contributed by atoms with E-state index in [2.05, 4.69) is 116 Å². The van der Waals surface area contributed by atoms with Crippen LogP contribution in [0.15, 0.2) is 97.2 Å². The third-order valence-corrected chi connectivity index (χ3v) is 18.9. The van der Waals surface area contributed by atoms with Gasteiger partial charge in [0.2, 0.25) is 5.91 Å². The van der Waals surface area contributed by atoms with E-state index in [9.17, 15) is 61.0 Å². The molecular formula is C80H139NO18. The molecule has 17 unspecified atom stereocenters. The molecule has 0 saturated carbocycles. The highest BCUT2D eigenvalue weighted by molar-refractivity contribution is 5.76. The molecule has 99 heavy (non-hydrogen) atoms. The Morgan fingerprint density at radius 1 is 0.374 bits per heavy atom. The summed E-state index contributed by atoms with van der Waals surface area (Å²) in [5.41, 5.74) is 0. The quantitative estimate of drug-likeness (QED) is 0.0199. The van der Waals surface area contributed by atoms with Crippen molar-refractivity contribution in [3.8, 4) is 0 Å². The minimum absolute atomic E-state index is 0.251. The van der Waals surface area contributed by atoms with Crippen molar-refractivity contribution < 1.29 is 89.4 Å². The van der Waals surface area contributed by atoms with Crippen LogP contribution in [0.3, 0.4) is 0 Å². The van der Waals surface area contributed by atoms with Gasteiger partial charge in [0.05, 0.1) is 38.6 Å². The molecule has 0 spiro atoms. The Kier molecular flexibility index (Phi) is 54.5. The molecule has 572 valence electrons. The first-order valence-corrected chi connectivity index (χ1v) is 39.0. The second-order valence-electron chi connectivity index (χ2n) is 27.4. The normalized spacial score (nSPS) is 27.1. The number of hydrogen-bond acceptors (Lipinski definition) is 18. The molecular weight excluding hydrogens is 1260 g/mol. The lowest BCUT2D eigenvalue weighted by Gasteiger charge is -2.48. The van der Waals surface area contributed by atoms with Crippen molar-refractivity contribution in [3.63, 3.8) is 0 Å². The molecule has 0 aromatic rings. The molecule has 3 heterocycles. The monoisotopic (exact) mass is 1400 g/mol. The second-order valence-corrected chi connectivity index (χ2v) is 27.4. The predicted molar refractivity (Wildman–Crippen MR) is 392 cm³/mol. The van der Waals surface area contributed by atoms with E-state index in [4.69, 9.17) is 28.4 Å². The predicted octanol–water partition coefficient (Wildman–Crippen LogP) is 12.4. The molecule has 0 aliphatic carbocycles. The number of nitrogens with one attached hydrogen (secondary N) is 1. The number of aliphatic hydroxyl groups is 11. The van der Waals surface area contributed by atoms with E-state index >= 15 is 0 Å². The van der Waals surface area contributed by atoms with E-state index in [0.29, 0.717) is 12.8 Å². The lowest BCUT2D eigenvalue weighted by atomic mass is 9.96. The van der Waals surface area contributed by atoms with Crippen LogP contribution < -0.4 is 5.32 Å². The minimum Gasteiger partial charge on any atom is -0.394 e. The van der Waals surface area contributed by atoms with Gasteiger partial charge in [0, 0.05) is 6.42 Å². The fourth-order valence-corrected chi connectivity index (χ4v) is 12.7. The summed E-state index contributed by atoms with van der Waals surface area (Å²) in [7, 11) is 0. The van der Waals surface area contributed by atoms with Gasteiger partial charge in [0.15, 0.2) is 18.9 Å². The van der Waals surface area contributed by atoms with Gasteiger partial charge in [-0.05, 0) is 77.0 Å². The number of carbonyl (C=O) groups excluding carboxylic acids is 1. The first-order valence-electron chi connectivity index (χ1n) is 39.0. The maximum atomic E-state index is 13.5. The van der Waals surface area contributed by atoms with Crippen LogP contribution in [0, 0.1) is 0 Å². The Bertz CT molecular complexity index is 2170. The van der Waals surface area contributed by atoms with Crippen LogP contribution in [0.5, 0.6) is 0 Å². The summed E-state index contributed by atoms with van der Waals surface area (Å²) in [5, 5.41) is 121. The average Bonchev–Trinajstić information content (AvgIpc) is 0.761. The van der Waals surface area contributed by atoms with E-state index in [1.165, 1.54) is 122 Å². The summed E-state index contributed by atoms with van der Waals surface area (Å²) in [6, 6.07) is -0.900. The molecule has 19 nitrogen and oxygen atoms in total. The zero-order chi connectivity index (χ0) is 71.8. The molecule has 3 fully saturated rings. The number of carbonyl (C=O) groups is 1. The van der Waals surface area contributed by atoms with E-state index in [-0.39, 0.29) is 18.9 Å². The summed E-state index contributed by atoms with van der Waals surface area (Å²) < 4.78 is 34.5. The Morgan fingerprint density at radius 3 is 1.09 bits per heavy atom. The number of unbranched alkanes of at least 4 members (excludes halogenated alkanes) is 28. The third kappa shape index (κ3) is 40.5. The topological polar surface area (TPSA) is 307 Å². The second kappa shape index (κ2) is 60.0. The van der Waals surface area contributed by atoms with Crippen LogP contribution in [-0.4, -0.2) is 193 Å². The van der Waals surface area contributed by atoms with E-state index in [1.807, 2.05) is 0 Å². The standard InChI is InChI=1S/C80H139NO18/c1-3-5-7-9-11-13-15-17-19-21-23-25-26-27-28-29-30-31-32-33-34-35-36-38-40-42-44-46-48-50-52-54-56-58-68(86)81-63(64(85)57-55-53-51-49-47-45-43-41-39-37-24-22-20-18-16-14-12-10-8-6-4-2)62-94-78-74(92)71(89)76(66(60-83)96-78)99-80-75(93)72(90)77(67(61-84)97-80)98-79-73(91)70(88)69(87)65(59-82)95-79/h5,7,11,13,17,19,23,25,27-28,30-31,33-34,36,38,63-67,69-80,82-85,87-93H,3-4,6,8-10,12,14-16,18,20-22,24,26,29,32,35,37,39-62H2,1-2H3,(H,81,86)/b7-5-,13-11-,19-17-,25-23-,28-27-,31-30-,34-33-,38-36-. The van der Waals surface area contributed by atoms with Gasteiger partial charge in [-0.1, -0.05) is 284 Å². The maximum absolute atomic E-state index is 13.5. The summed E-state index contributed by atoms with van der Waals surface area (Å²) in [6.45, 7) is 1.70. The van der Waals surface area contributed by atoms with E-state index in [0.717, 1.165) is 116 Å². The molecule has 1 amide bonds. The first-order chi connectivity index (χ1) is 48.3. The maximum Gasteiger partial charge on any atom is 0.220 e. The summed E-state index contributed by atoms with van der Waals surface area (Å²) in [4.78, 5) is 13.5. The Labute approximate surface area is 596 Å². The molecule has 12 N–H and O–H groups in total. The SMILES string of the molecule is CC/C=C\C/C=C\C/C=C\C/C=C\C/C=C\C/C=C\C/C=C\C/C=C\CCCCCCCCCCC(=O)NC(COC1OC(CO)C(OC2OC(CO)C(OC3OC(CO)C(O)C(O)C3O)C(O)C2O)C(O)C1O)C(O)CCCCCCCCCCCCCCCCCCCCCCC. The van der Waals surface area contributed by atoms with Crippen molar-refractivity contribution in [2.24, 2.45) is 0 Å². The average molecular weight is 1400 g/mol. The van der Waals surface area contributed by atoms with Gasteiger partial charge in [-0.15, -0.1) is 0 Å². The lowest BCUT2D eigenvalue weighted by Crippen LogP contribution is -2.66. The lowest BCUT2D eigenvalue weighted by molar-refractivity contribution is -0.379. The van der Waals surface area contributed by atoms with Crippen molar-refractivity contribution in [3.05, 3.63) is 97.2 Å². The van der Waals surface area contributed by atoms with Crippen molar-refractivity contribution >= 4 is 5.91 Å². The van der Waals surface area contributed by atoms with Crippen LogP contribution in [0.2, 0.25) is 0 Å². The van der Waals surface area contributed by atoms with Gasteiger partial charge < -0.3 is 89.9 Å². The van der Waals surface area contributed by atoms with Crippen LogP contribution in [-0.2, 0) is 33.2 Å². The Balaban J connectivity index is 1.38. The largest absolute Gasteiger partial charge is 0.394 e. The first kappa shape index (κ1) is 89.9. The molecule has 3 saturated heterocycles. The highest BCUT2D eigenvalue weighted by Crippen LogP contribution is 2.33. The van der Waals surface area contributed by atoms with Gasteiger partial charge in [-0.25, -0.2) is 0 Å². The number of rotatable bonds is 60. The van der Waals surface area contributed by atoms with Gasteiger partial charge in [0.1, 0.15) is 73.2 Å². The van der Waals surface area contributed by atoms with Gasteiger partial charge in [-0.2, -0.15) is 0 Å². The number of ether oxygens (including phenoxy) is 6. The molecule has 0 radical (unpaired) electrons. The van der Waals surface area contributed by atoms with Crippen LogP contribution in [0.25, 0.3) is 0 Å². The molecule has 0 bridgehead atoms. The summed E-state index contributed by atoms with van der Waals surface area (Å²) in [6.07, 6.45) is 53.3. The van der Waals surface area contributed by atoms with E-state index in [1.54, 1.807) is 0 Å². The van der Waals surface area contributed by atoms with Gasteiger partial charge >= 0.3 is 0 Å². The van der Waals surface area contributed by atoms with Crippen LogP contribution >= 0.6 is 0 Å². The molecule has 3 aliphatic rings. The fourth-order valence-electron chi connectivity index (χ4n) is 12.7. The fraction of sp³-hybridized carbons (Fsp3) is 0.787. The van der Waals surface area contributed by atoms with E-state index < -0.39 is 124 Å². The van der Waals surface area contributed by atoms with Crippen molar-refractivity contribution in [1.82, 2.24) is 5.32 Å². The number of allylic oxidation sites excluding steroid dienone is 16. The van der Waals surface area contributed by atoms with Crippen molar-refractivity contribution in [2.75, 3.05) is 26.4 Å². The van der Waals surface area contributed by atoms with Gasteiger partial charge in [-0.3, -0.25) is 4.79 Å². The highest BCUT2D eigenvalue weighted by atomic mass is 16.8. The zero-order valence-corrected chi connectivity index (χ0v) is 60.9. The summed E-state index contributed by atoms with van der Waals surface area (Å²) in [5.74, 6) is -0.253. The zero-order valence-electron chi connectivity index (χ0n) is 60.9. The molecule has 0 aromatic heterocycles. The number of amides is 1. The molecule has 3 rings (SSSR count). The summed E-state index contributed by atoms with van der Waals surface area (Å²) >= 11 is 0. The Hall–Kier alpha value is -3.29. The molecule has 17 atom stereocenters. The van der Waals surface area contributed by atoms with Crippen molar-refractivity contribution in [2.45, 2.75) is 375 Å². The van der Waals surface area contributed by atoms with Crippen LogP contribution in [0.1, 0.15) is 271 Å². The molecule has 3 aliphatic heterocycles. The third-order valence-electron chi connectivity index (χ3n) is 18.9. The van der Waals surface area contributed by atoms with Crippen molar-refractivity contribution in [1.29, 1.82) is 0 Å². The smallest absolute Gasteiger partial charge is 0.220 e. The number of hydrogen-bond donors (Lipinski definition) is 12. The Morgan fingerprint density at radius 2 is 0.697 bits per heavy atom. The van der Waals surface area contributed by atoms with Gasteiger partial charge in [0.25, 0.3) is 0 Å². The minimum atomic E-state index is -1.98.